The number of nitrogens with zero attached hydrogens (tertiary/aromatic N) is 3. The number of hydrogen-bond acceptors (Lipinski definition) is 6. The zero-order chi connectivity index (χ0) is 24.5. The van der Waals surface area contributed by atoms with Crippen molar-refractivity contribution >= 4 is 28.8 Å². The van der Waals surface area contributed by atoms with Gasteiger partial charge in [0.05, 0.1) is 35.9 Å². The molecule has 9 nitrogen and oxygen atoms in total. The Balaban J connectivity index is 1.56. The minimum Gasteiger partial charge on any atom is -0.481 e. The van der Waals surface area contributed by atoms with Crippen LogP contribution in [0.25, 0.3) is 11.0 Å². The van der Waals surface area contributed by atoms with Gasteiger partial charge in [-0.3, -0.25) is 9.69 Å². The maximum Gasteiger partial charge on any atom is 0.414 e. The summed E-state index contributed by atoms with van der Waals surface area (Å²) in [4.78, 5) is 31.2. The monoisotopic (exact) mass is 485 g/mol. The molecule has 190 valence electrons. The molecule has 9 heteroatoms. The van der Waals surface area contributed by atoms with Crippen LogP contribution in [0.5, 0.6) is 0 Å². The van der Waals surface area contributed by atoms with Gasteiger partial charge in [-0.25, -0.2) is 9.78 Å². The van der Waals surface area contributed by atoms with Crippen LogP contribution < -0.4 is 4.90 Å². The number of ether oxygens (including phenoxy) is 3. The summed E-state index contributed by atoms with van der Waals surface area (Å²) in [6.07, 6.45) is 6.26. The van der Waals surface area contributed by atoms with Gasteiger partial charge in [-0.1, -0.05) is 6.42 Å². The van der Waals surface area contributed by atoms with E-state index in [1.165, 1.54) is 7.11 Å². The molecule has 3 aliphatic rings. The van der Waals surface area contributed by atoms with Gasteiger partial charge in [0, 0.05) is 30.9 Å². The summed E-state index contributed by atoms with van der Waals surface area (Å²) >= 11 is 0. The molecule has 5 rings (SSSR count). The third-order valence-corrected chi connectivity index (χ3v) is 7.88. The van der Waals surface area contributed by atoms with Gasteiger partial charge in [0.2, 0.25) is 0 Å². The Kier molecular flexibility index (Phi) is 6.98. The number of carbonyl (C=O) groups excluding carboxylic acids is 1. The van der Waals surface area contributed by atoms with Gasteiger partial charge in [0.15, 0.2) is 0 Å². The maximum absolute atomic E-state index is 12.6. The molecule has 1 aliphatic carbocycles. The van der Waals surface area contributed by atoms with Crippen LogP contribution in [-0.2, 0) is 32.0 Å². The predicted molar refractivity (Wildman–Crippen MR) is 130 cm³/mol. The summed E-state index contributed by atoms with van der Waals surface area (Å²) in [5.41, 5.74) is 3.76. The van der Waals surface area contributed by atoms with Gasteiger partial charge in [0.1, 0.15) is 12.4 Å². The summed E-state index contributed by atoms with van der Waals surface area (Å²) < 4.78 is 19.0. The van der Waals surface area contributed by atoms with Crippen molar-refractivity contribution < 1.29 is 28.9 Å². The number of carboxylic acids is 1. The van der Waals surface area contributed by atoms with Gasteiger partial charge in [-0.2, -0.15) is 0 Å². The van der Waals surface area contributed by atoms with E-state index in [2.05, 4.69) is 4.57 Å². The van der Waals surface area contributed by atoms with Crippen molar-refractivity contribution in [2.24, 2.45) is 5.92 Å². The standard InChI is InChI=1S/C26H35N3O6/c1-16-6-7-20-21(28(16)26(32)33-2)8-9-22-24(20)27-23(15-35-19-10-12-34-13-11-19)29(22)18-5-3-4-17(14-18)25(30)31/h8-9,16-19H,3-7,10-15H2,1-2H3,(H,30,31)/t16-,17+,18+/m0/s1. The van der Waals surface area contributed by atoms with Crippen molar-refractivity contribution in [2.75, 3.05) is 25.2 Å². The lowest BCUT2D eigenvalue weighted by Crippen LogP contribution is -2.42. The number of hydrogen-bond donors (Lipinski definition) is 1. The van der Waals surface area contributed by atoms with Crippen molar-refractivity contribution in [3.8, 4) is 0 Å². The van der Waals surface area contributed by atoms with Crippen molar-refractivity contribution in [3.05, 3.63) is 23.5 Å². The number of anilines is 1. The molecule has 1 N–H and O–H groups in total. The van der Waals surface area contributed by atoms with Crippen LogP contribution in [0.4, 0.5) is 10.5 Å². The molecule has 0 unspecified atom stereocenters. The first-order chi connectivity index (χ1) is 17.0. The molecule has 2 fully saturated rings. The van der Waals surface area contributed by atoms with Gasteiger partial charge in [0.25, 0.3) is 0 Å². The Morgan fingerprint density at radius 2 is 1.97 bits per heavy atom. The van der Waals surface area contributed by atoms with Crippen LogP contribution in [0.3, 0.4) is 0 Å². The van der Waals surface area contributed by atoms with E-state index >= 15 is 0 Å². The Morgan fingerprint density at radius 3 is 2.71 bits per heavy atom. The van der Waals surface area contributed by atoms with E-state index in [0.29, 0.717) is 32.7 Å². The second kappa shape index (κ2) is 10.1. The lowest BCUT2D eigenvalue weighted by atomic mass is 9.85. The Morgan fingerprint density at radius 1 is 1.17 bits per heavy atom. The normalized spacial score (nSPS) is 25.4. The van der Waals surface area contributed by atoms with Crippen LogP contribution in [0.2, 0.25) is 0 Å². The molecule has 2 aromatic rings. The first kappa shape index (κ1) is 24.1. The van der Waals surface area contributed by atoms with Crippen molar-refractivity contribution in [2.45, 2.75) is 83.1 Å². The zero-order valence-corrected chi connectivity index (χ0v) is 20.6. The van der Waals surface area contributed by atoms with Crippen LogP contribution in [0.15, 0.2) is 12.1 Å². The largest absolute Gasteiger partial charge is 0.481 e. The smallest absolute Gasteiger partial charge is 0.414 e. The predicted octanol–water partition coefficient (Wildman–Crippen LogP) is 4.46. The summed E-state index contributed by atoms with van der Waals surface area (Å²) in [7, 11) is 1.41. The molecule has 1 aromatic heterocycles. The molecule has 0 spiro atoms. The molecule has 1 saturated heterocycles. The number of aromatic nitrogens is 2. The molecule has 1 amide bonds. The minimum absolute atomic E-state index is 0.0421. The highest BCUT2D eigenvalue weighted by Gasteiger charge is 2.34. The maximum atomic E-state index is 12.6. The highest BCUT2D eigenvalue weighted by Crippen LogP contribution is 2.40. The number of amides is 1. The summed E-state index contributed by atoms with van der Waals surface area (Å²) in [5, 5.41) is 9.69. The van der Waals surface area contributed by atoms with Crippen molar-refractivity contribution in [1.29, 1.82) is 0 Å². The molecule has 3 atom stereocenters. The quantitative estimate of drug-likeness (QED) is 0.667. The number of carbonyl (C=O) groups is 2. The lowest BCUT2D eigenvalue weighted by Gasteiger charge is -2.34. The van der Waals surface area contributed by atoms with Crippen LogP contribution >= 0.6 is 0 Å². The van der Waals surface area contributed by atoms with Crippen LogP contribution in [0.1, 0.15) is 69.3 Å². The molecule has 1 aromatic carbocycles. The second-order valence-electron chi connectivity index (χ2n) is 10.0. The van der Waals surface area contributed by atoms with E-state index in [4.69, 9.17) is 19.2 Å². The minimum atomic E-state index is -0.723. The highest BCUT2D eigenvalue weighted by molar-refractivity contribution is 5.95. The molecule has 2 aliphatic heterocycles. The van der Waals surface area contributed by atoms with E-state index in [9.17, 15) is 14.7 Å². The van der Waals surface area contributed by atoms with Gasteiger partial charge in [-0.05, 0) is 64.0 Å². The highest BCUT2D eigenvalue weighted by atomic mass is 16.5. The molecule has 35 heavy (non-hydrogen) atoms. The SMILES string of the molecule is COC(=O)N1c2ccc3c(nc(COC4CCOCC4)n3[C@@H]3CCC[C@@H](C(=O)O)C3)c2CC[C@@H]1C. The Bertz CT molecular complexity index is 1090. The average molecular weight is 486 g/mol. The van der Waals surface area contributed by atoms with Crippen molar-refractivity contribution in [3.63, 3.8) is 0 Å². The fraction of sp³-hybridized carbons (Fsp3) is 0.654. The van der Waals surface area contributed by atoms with Crippen LogP contribution in [-0.4, -0.2) is 59.2 Å². The average Bonchev–Trinajstić information content (AvgIpc) is 3.26. The second-order valence-corrected chi connectivity index (χ2v) is 10.0. The van der Waals surface area contributed by atoms with Crippen molar-refractivity contribution in [1.82, 2.24) is 9.55 Å². The third-order valence-electron chi connectivity index (χ3n) is 7.88. The number of methoxy groups -OCH3 is 1. The number of aryl methyl sites for hydroxylation is 1. The van der Waals surface area contributed by atoms with E-state index in [0.717, 1.165) is 66.6 Å². The fourth-order valence-corrected chi connectivity index (χ4v) is 5.99. The Labute approximate surface area is 205 Å². The van der Waals surface area contributed by atoms with E-state index < -0.39 is 5.97 Å². The zero-order valence-electron chi connectivity index (χ0n) is 20.6. The first-order valence-corrected chi connectivity index (χ1v) is 12.8. The summed E-state index contributed by atoms with van der Waals surface area (Å²) in [6.45, 7) is 3.82. The summed E-state index contributed by atoms with van der Waals surface area (Å²) in [6, 6.07) is 4.11. The third kappa shape index (κ3) is 4.63. The lowest BCUT2D eigenvalue weighted by molar-refractivity contribution is -0.143. The van der Waals surface area contributed by atoms with Gasteiger partial charge in [-0.15, -0.1) is 0 Å². The van der Waals surface area contributed by atoms with E-state index in [1.54, 1.807) is 4.90 Å². The molecule has 0 bridgehead atoms. The molecular weight excluding hydrogens is 450 g/mol. The fourth-order valence-electron chi connectivity index (χ4n) is 5.99. The number of fused-ring (bicyclic) bond motifs is 3. The topological polar surface area (TPSA) is 103 Å². The number of carboxylic acid groups (broad SMARTS) is 1. The molecular formula is C26H35N3O6. The molecule has 3 heterocycles. The van der Waals surface area contributed by atoms with Gasteiger partial charge >= 0.3 is 12.1 Å². The summed E-state index contributed by atoms with van der Waals surface area (Å²) in [5.74, 6) is -0.234. The van der Waals surface area contributed by atoms with E-state index in [-0.39, 0.29) is 30.2 Å². The van der Waals surface area contributed by atoms with E-state index in [1.807, 2.05) is 19.1 Å². The van der Waals surface area contributed by atoms with Crippen LogP contribution in [0, 0.1) is 5.92 Å². The first-order valence-electron chi connectivity index (χ1n) is 12.8. The number of aliphatic carboxylic acids is 1. The number of imidazole rings is 1. The number of benzene rings is 1. The molecule has 1 saturated carbocycles. The number of rotatable bonds is 5. The Hall–Kier alpha value is -2.65. The van der Waals surface area contributed by atoms with Gasteiger partial charge < -0.3 is 23.9 Å². The molecule has 0 radical (unpaired) electrons.